The van der Waals surface area contributed by atoms with Crippen molar-refractivity contribution in [1.82, 2.24) is 0 Å². The summed E-state index contributed by atoms with van der Waals surface area (Å²) in [5.74, 6) is -0.952. The van der Waals surface area contributed by atoms with Gasteiger partial charge >= 0.3 is 17.9 Å². The molecule has 1 unspecified atom stereocenters. The Hall–Kier alpha value is -3.93. The summed E-state index contributed by atoms with van der Waals surface area (Å²) in [7, 11) is 0. The highest BCUT2D eigenvalue weighted by Crippen LogP contribution is 2.14. The maximum atomic E-state index is 12.8. The van der Waals surface area contributed by atoms with Crippen molar-refractivity contribution in [3.8, 4) is 0 Å². The van der Waals surface area contributed by atoms with Gasteiger partial charge in [-0.2, -0.15) is 0 Å². The first-order valence-corrected chi connectivity index (χ1v) is 28.4. The third-order valence-electron chi connectivity index (χ3n) is 11.8. The Morgan fingerprint density at radius 2 is 0.565 bits per heavy atom. The molecule has 0 aromatic carbocycles. The predicted octanol–water partition coefficient (Wildman–Crippen LogP) is 19.1. The van der Waals surface area contributed by atoms with E-state index in [1.807, 2.05) is 0 Å². The molecule has 0 fully saturated rings. The maximum absolute atomic E-state index is 12.8. The third-order valence-corrected chi connectivity index (χ3v) is 11.8. The zero-order valence-corrected chi connectivity index (χ0v) is 44.8. The van der Waals surface area contributed by atoms with E-state index in [9.17, 15) is 14.4 Å². The van der Waals surface area contributed by atoms with Gasteiger partial charge in [-0.3, -0.25) is 14.4 Å². The average Bonchev–Trinajstić information content (AvgIpc) is 3.35. The minimum Gasteiger partial charge on any atom is -0.462 e. The standard InChI is InChI=1S/C63H104O6/c1-4-7-10-13-16-18-20-22-24-26-27-28-29-30-31-32-33-34-35-37-38-40-42-44-47-50-53-56-62(65)68-59-60(58-67-61(64)55-52-49-46-15-12-9-6-3)69-63(66)57-54-51-48-45-43-41-39-36-25-23-21-19-17-14-11-8-5-2/h7,10,16,18,22-25,27-28,30-31,33-34,37-38,42,44,60H,4-6,8-9,11-15,17,19-21,26,29,32,35-36,39-41,43,45-59H2,1-3H3/b10-7-,18-16-,24-22-,25-23-,28-27-,31-30-,34-33-,38-37-,44-42-. The van der Waals surface area contributed by atoms with E-state index in [0.29, 0.717) is 19.3 Å². The smallest absolute Gasteiger partial charge is 0.306 e. The minimum absolute atomic E-state index is 0.0940. The van der Waals surface area contributed by atoms with E-state index in [-0.39, 0.29) is 31.1 Å². The SMILES string of the molecule is CC/C=C\C/C=C\C/C=C\C/C=C\C/C=C\C/C=C\C/C=C\C/C=C\CCCCC(=O)OCC(COC(=O)CCCCCCCCC)OC(=O)CCCCCCCCC/C=C\CCCCCCCC. The Labute approximate surface area is 425 Å². The van der Waals surface area contributed by atoms with Crippen LogP contribution in [0.1, 0.15) is 252 Å². The van der Waals surface area contributed by atoms with Crippen molar-refractivity contribution in [3.63, 3.8) is 0 Å². The molecule has 6 nitrogen and oxygen atoms in total. The first kappa shape index (κ1) is 65.1. The van der Waals surface area contributed by atoms with Crippen molar-refractivity contribution < 1.29 is 28.6 Å². The molecule has 69 heavy (non-hydrogen) atoms. The number of allylic oxidation sites excluding steroid dienone is 18. The van der Waals surface area contributed by atoms with Crippen molar-refractivity contribution in [2.24, 2.45) is 0 Å². The molecule has 0 spiro atoms. The number of hydrogen-bond acceptors (Lipinski definition) is 6. The lowest BCUT2D eigenvalue weighted by molar-refractivity contribution is -0.167. The molecule has 0 radical (unpaired) electrons. The van der Waals surface area contributed by atoms with E-state index in [0.717, 1.165) is 109 Å². The van der Waals surface area contributed by atoms with Gasteiger partial charge in [-0.25, -0.2) is 0 Å². The second-order valence-electron chi connectivity index (χ2n) is 18.5. The number of hydrogen-bond donors (Lipinski definition) is 0. The van der Waals surface area contributed by atoms with Gasteiger partial charge in [-0.05, 0) is 109 Å². The van der Waals surface area contributed by atoms with Crippen molar-refractivity contribution in [3.05, 3.63) is 109 Å². The first-order chi connectivity index (χ1) is 34.0. The predicted molar refractivity (Wildman–Crippen MR) is 297 cm³/mol. The Bertz CT molecular complexity index is 1420. The number of carbonyl (C=O) groups excluding carboxylic acids is 3. The Kier molecular flexibility index (Phi) is 53.4. The maximum Gasteiger partial charge on any atom is 0.306 e. The Morgan fingerprint density at radius 1 is 0.304 bits per heavy atom. The van der Waals surface area contributed by atoms with Crippen LogP contribution in [0.25, 0.3) is 0 Å². The van der Waals surface area contributed by atoms with Gasteiger partial charge in [0.1, 0.15) is 13.2 Å². The minimum atomic E-state index is -0.797. The van der Waals surface area contributed by atoms with Crippen molar-refractivity contribution in [2.45, 2.75) is 258 Å². The van der Waals surface area contributed by atoms with Gasteiger partial charge in [-0.15, -0.1) is 0 Å². The van der Waals surface area contributed by atoms with Crippen molar-refractivity contribution in [1.29, 1.82) is 0 Å². The van der Waals surface area contributed by atoms with Crippen LogP contribution < -0.4 is 0 Å². The van der Waals surface area contributed by atoms with Crippen LogP contribution in [0.3, 0.4) is 0 Å². The van der Waals surface area contributed by atoms with Crippen LogP contribution in [0.4, 0.5) is 0 Å². The molecule has 0 aromatic heterocycles. The molecule has 0 bridgehead atoms. The van der Waals surface area contributed by atoms with Gasteiger partial charge in [0, 0.05) is 19.3 Å². The number of unbranched alkanes of at least 4 members (excludes halogenated alkanes) is 21. The molecular weight excluding hydrogens is 853 g/mol. The van der Waals surface area contributed by atoms with Gasteiger partial charge in [0.15, 0.2) is 6.10 Å². The summed E-state index contributed by atoms with van der Waals surface area (Å²) >= 11 is 0. The van der Waals surface area contributed by atoms with E-state index in [4.69, 9.17) is 14.2 Å². The quantitative estimate of drug-likeness (QED) is 0.0262. The summed E-state index contributed by atoms with van der Waals surface area (Å²) in [6.45, 7) is 6.43. The average molecular weight is 958 g/mol. The molecule has 392 valence electrons. The van der Waals surface area contributed by atoms with Crippen LogP contribution >= 0.6 is 0 Å². The zero-order chi connectivity index (χ0) is 50.0. The summed E-state index contributed by atoms with van der Waals surface area (Å²) < 4.78 is 16.7. The molecule has 0 saturated carbocycles. The van der Waals surface area contributed by atoms with Crippen LogP contribution in [-0.4, -0.2) is 37.2 Å². The van der Waals surface area contributed by atoms with Crippen LogP contribution in [0.15, 0.2) is 109 Å². The van der Waals surface area contributed by atoms with E-state index < -0.39 is 6.10 Å². The fourth-order valence-electron chi connectivity index (χ4n) is 7.51. The van der Waals surface area contributed by atoms with Gasteiger partial charge < -0.3 is 14.2 Å². The number of carbonyl (C=O) groups is 3. The second kappa shape index (κ2) is 56.7. The highest BCUT2D eigenvalue weighted by atomic mass is 16.6. The fraction of sp³-hybridized carbons (Fsp3) is 0.667. The lowest BCUT2D eigenvalue weighted by Crippen LogP contribution is -2.30. The molecule has 6 heteroatoms. The summed E-state index contributed by atoms with van der Waals surface area (Å²) in [5, 5.41) is 0. The van der Waals surface area contributed by atoms with Crippen molar-refractivity contribution in [2.75, 3.05) is 13.2 Å². The zero-order valence-electron chi connectivity index (χ0n) is 44.8. The van der Waals surface area contributed by atoms with E-state index in [1.54, 1.807) is 0 Å². The highest BCUT2D eigenvalue weighted by Gasteiger charge is 2.19. The van der Waals surface area contributed by atoms with Crippen LogP contribution in [0, 0.1) is 0 Å². The summed E-state index contributed by atoms with van der Waals surface area (Å²) in [6, 6.07) is 0. The Balaban J connectivity index is 4.31. The summed E-state index contributed by atoms with van der Waals surface area (Å²) in [5.41, 5.74) is 0. The number of ether oxygens (including phenoxy) is 3. The molecule has 0 aliphatic rings. The Morgan fingerprint density at radius 3 is 0.928 bits per heavy atom. The van der Waals surface area contributed by atoms with Crippen LogP contribution in [-0.2, 0) is 28.6 Å². The van der Waals surface area contributed by atoms with Crippen LogP contribution in [0.2, 0.25) is 0 Å². The highest BCUT2D eigenvalue weighted by molar-refractivity contribution is 5.71. The second-order valence-corrected chi connectivity index (χ2v) is 18.5. The van der Waals surface area contributed by atoms with Gasteiger partial charge in [-0.1, -0.05) is 233 Å². The lowest BCUT2D eigenvalue weighted by Gasteiger charge is -2.18. The molecule has 0 rings (SSSR count). The molecule has 0 aliphatic heterocycles. The monoisotopic (exact) mass is 957 g/mol. The topological polar surface area (TPSA) is 78.9 Å². The number of esters is 3. The molecule has 0 heterocycles. The van der Waals surface area contributed by atoms with E-state index in [1.165, 1.54) is 103 Å². The molecule has 0 amide bonds. The summed E-state index contributed by atoms with van der Waals surface area (Å²) in [6.07, 6.45) is 76.7. The molecule has 0 aliphatic carbocycles. The normalized spacial score (nSPS) is 12.9. The van der Waals surface area contributed by atoms with Gasteiger partial charge in [0.05, 0.1) is 0 Å². The van der Waals surface area contributed by atoms with Gasteiger partial charge in [0.2, 0.25) is 0 Å². The van der Waals surface area contributed by atoms with E-state index in [2.05, 4.69) is 130 Å². The third kappa shape index (κ3) is 54.9. The van der Waals surface area contributed by atoms with Crippen molar-refractivity contribution >= 4 is 17.9 Å². The fourth-order valence-corrected chi connectivity index (χ4v) is 7.51. The molecule has 1 atom stereocenters. The summed E-state index contributed by atoms with van der Waals surface area (Å²) in [4.78, 5) is 37.9. The first-order valence-electron chi connectivity index (χ1n) is 28.4. The van der Waals surface area contributed by atoms with E-state index >= 15 is 0 Å². The molecule has 0 N–H and O–H groups in total. The lowest BCUT2D eigenvalue weighted by atomic mass is 10.1. The molecule has 0 aromatic rings. The van der Waals surface area contributed by atoms with Crippen LogP contribution in [0.5, 0.6) is 0 Å². The molecular formula is C63H104O6. The van der Waals surface area contributed by atoms with Gasteiger partial charge in [0.25, 0.3) is 0 Å². The molecule has 0 saturated heterocycles. The number of rotatable bonds is 50. The largest absolute Gasteiger partial charge is 0.462 e.